The van der Waals surface area contributed by atoms with E-state index in [1.807, 2.05) is 6.07 Å². The highest BCUT2D eigenvalue weighted by atomic mass is 35.5. The van der Waals surface area contributed by atoms with Gasteiger partial charge in [0.2, 0.25) is 0 Å². The van der Waals surface area contributed by atoms with Crippen molar-refractivity contribution in [3.63, 3.8) is 0 Å². The minimum Gasteiger partial charge on any atom is -0.367 e. The quantitative estimate of drug-likeness (QED) is 0.871. The predicted molar refractivity (Wildman–Crippen MR) is 84.9 cm³/mol. The van der Waals surface area contributed by atoms with Gasteiger partial charge in [-0.05, 0) is 43.2 Å². The van der Waals surface area contributed by atoms with E-state index < -0.39 is 0 Å². The highest BCUT2D eigenvalue weighted by molar-refractivity contribution is 6.29. The largest absolute Gasteiger partial charge is 0.367 e. The van der Waals surface area contributed by atoms with Gasteiger partial charge in [0.15, 0.2) is 0 Å². The van der Waals surface area contributed by atoms with Crippen molar-refractivity contribution < 1.29 is 0 Å². The van der Waals surface area contributed by atoms with E-state index in [1.54, 1.807) is 0 Å². The van der Waals surface area contributed by atoms with Crippen LogP contribution in [0.2, 0.25) is 5.15 Å². The van der Waals surface area contributed by atoms with Gasteiger partial charge >= 0.3 is 0 Å². The Labute approximate surface area is 129 Å². The molecule has 2 aliphatic rings. The fraction of sp³-hybridized carbons (Fsp3) is 0.412. The minimum absolute atomic E-state index is 0.429. The van der Waals surface area contributed by atoms with E-state index in [9.17, 15) is 0 Å². The smallest absolute Gasteiger partial charge is 0.135 e. The molecule has 1 aromatic heterocycles. The number of hydrogen-bond donors (Lipinski definition) is 1. The molecule has 4 heteroatoms. The summed E-state index contributed by atoms with van der Waals surface area (Å²) in [5.74, 6) is 2.30. The molecule has 4 rings (SSSR count). The molecule has 3 nitrogen and oxygen atoms in total. The summed E-state index contributed by atoms with van der Waals surface area (Å²) in [6.45, 7) is 0. The first kappa shape index (κ1) is 13.1. The van der Waals surface area contributed by atoms with Crippen molar-refractivity contribution in [2.45, 2.75) is 44.1 Å². The Morgan fingerprint density at radius 1 is 1.05 bits per heavy atom. The molecule has 21 heavy (non-hydrogen) atoms. The highest BCUT2D eigenvalue weighted by Gasteiger charge is 2.27. The Balaban J connectivity index is 1.52. The summed E-state index contributed by atoms with van der Waals surface area (Å²) in [5.41, 5.74) is 2.93. The first-order chi connectivity index (χ1) is 10.3. The van der Waals surface area contributed by atoms with Crippen molar-refractivity contribution in [2.24, 2.45) is 0 Å². The van der Waals surface area contributed by atoms with Crippen LogP contribution in [0.15, 0.2) is 30.3 Å². The first-order valence-corrected chi connectivity index (χ1v) is 8.03. The van der Waals surface area contributed by atoms with Gasteiger partial charge in [-0.3, -0.25) is 0 Å². The van der Waals surface area contributed by atoms with Crippen molar-refractivity contribution in [1.82, 2.24) is 9.97 Å². The number of fused-ring (bicyclic) bond motifs is 1. The predicted octanol–water partition coefficient (Wildman–Crippen LogP) is 3.98. The van der Waals surface area contributed by atoms with Crippen LogP contribution in [0.5, 0.6) is 0 Å². The van der Waals surface area contributed by atoms with Crippen molar-refractivity contribution >= 4 is 17.4 Å². The molecule has 0 spiro atoms. The molecular formula is C17H18ClN3. The van der Waals surface area contributed by atoms with Crippen molar-refractivity contribution in [2.75, 3.05) is 5.32 Å². The third-order valence-electron chi connectivity index (χ3n) is 4.35. The van der Waals surface area contributed by atoms with Crippen molar-refractivity contribution in [3.05, 3.63) is 52.4 Å². The summed E-state index contributed by atoms with van der Waals surface area (Å²) in [7, 11) is 0. The Bertz CT molecular complexity index is 667. The lowest BCUT2D eigenvalue weighted by atomic mass is 9.88. The van der Waals surface area contributed by atoms with Crippen LogP contribution >= 0.6 is 11.6 Å². The van der Waals surface area contributed by atoms with Gasteiger partial charge in [0, 0.05) is 18.0 Å². The molecule has 0 radical (unpaired) electrons. The minimum atomic E-state index is 0.429. The number of hydrogen-bond acceptors (Lipinski definition) is 3. The highest BCUT2D eigenvalue weighted by Crippen LogP contribution is 2.39. The van der Waals surface area contributed by atoms with Gasteiger partial charge < -0.3 is 5.32 Å². The molecule has 1 N–H and O–H groups in total. The summed E-state index contributed by atoms with van der Waals surface area (Å²) < 4.78 is 0. The topological polar surface area (TPSA) is 37.8 Å². The zero-order valence-corrected chi connectivity index (χ0v) is 12.6. The monoisotopic (exact) mass is 299 g/mol. The van der Waals surface area contributed by atoms with Crippen molar-refractivity contribution in [3.8, 4) is 0 Å². The molecule has 1 aromatic carbocycles. The van der Waals surface area contributed by atoms with Crippen LogP contribution in [0.1, 0.15) is 42.1 Å². The third kappa shape index (κ3) is 2.88. The van der Waals surface area contributed by atoms with Gasteiger partial charge in [0.05, 0.1) is 0 Å². The van der Waals surface area contributed by atoms with Crippen LogP contribution in [0.4, 0.5) is 5.82 Å². The molecule has 0 bridgehead atoms. The second-order valence-electron chi connectivity index (χ2n) is 6.06. The lowest BCUT2D eigenvalue weighted by Gasteiger charge is -2.26. The van der Waals surface area contributed by atoms with E-state index in [4.69, 9.17) is 11.6 Å². The SMILES string of the molecule is Clc1cc(NC2CCc3ccccc3C2)nc(C2CC2)n1. The lowest BCUT2D eigenvalue weighted by Crippen LogP contribution is -2.27. The number of aromatic nitrogens is 2. The van der Waals surface area contributed by atoms with Gasteiger partial charge in [-0.15, -0.1) is 0 Å². The average Bonchev–Trinajstić information content (AvgIpc) is 3.31. The molecule has 0 aliphatic heterocycles. The van der Waals surface area contributed by atoms with Crippen LogP contribution in [-0.4, -0.2) is 16.0 Å². The molecule has 2 aliphatic carbocycles. The second-order valence-corrected chi connectivity index (χ2v) is 6.45. The number of halogens is 1. The second kappa shape index (κ2) is 5.30. The van der Waals surface area contributed by atoms with Gasteiger partial charge in [0.25, 0.3) is 0 Å². The summed E-state index contributed by atoms with van der Waals surface area (Å²) in [4.78, 5) is 8.98. The van der Waals surface area contributed by atoms with E-state index in [2.05, 4.69) is 39.6 Å². The Hall–Kier alpha value is -1.61. The van der Waals surface area contributed by atoms with Gasteiger partial charge in [-0.1, -0.05) is 35.9 Å². The normalized spacial score (nSPS) is 20.9. The molecule has 1 heterocycles. The molecule has 1 atom stereocenters. The first-order valence-electron chi connectivity index (χ1n) is 7.66. The van der Waals surface area contributed by atoms with Gasteiger partial charge in [-0.2, -0.15) is 0 Å². The van der Waals surface area contributed by atoms with Crippen LogP contribution < -0.4 is 5.32 Å². The van der Waals surface area contributed by atoms with Crippen LogP contribution in [-0.2, 0) is 12.8 Å². The molecule has 108 valence electrons. The van der Waals surface area contributed by atoms with E-state index >= 15 is 0 Å². The lowest BCUT2D eigenvalue weighted by molar-refractivity contribution is 0.608. The summed E-state index contributed by atoms with van der Waals surface area (Å²) >= 11 is 6.13. The molecule has 0 amide bonds. The van der Waals surface area contributed by atoms with Crippen LogP contribution in [0, 0.1) is 0 Å². The molecule has 2 aromatic rings. The fourth-order valence-electron chi connectivity index (χ4n) is 3.06. The zero-order chi connectivity index (χ0) is 14.2. The molecule has 1 unspecified atom stereocenters. The van der Waals surface area contributed by atoms with E-state index in [-0.39, 0.29) is 0 Å². The number of nitrogens with one attached hydrogen (secondary N) is 1. The number of nitrogens with zero attached hydrogens (tertiary/aromatic N) is 2. The summed E-state index contributed by atoms with van der Waals surface area (Å²) in [6.07, 6.45) is 5.70. The zero-order valence-electron chi connectivity index (χ0n) is 11.8. The van der Waals surface area contributed by atoms with Crippen LogP contribution in [0.25, 0.3) is 0 Å². The number of rotatable bonds is 3. The Kier molecular flexibility index (Phi) is 3.30. The number of benzene rings is 1. The summed E-state index contributed by atoms with van der Waals surface area (Å²) in [5, 5.41) is 4.10. The Morgan fingerprint density at radius 2 is 1.86 bits per heavy atom. The van der Waals surface area contributed by atoms with Gasteiger partial charge in [0.1, 0.15) is 16.8 Å². The molecule has 1 saturated carbocycles. The summed E-state index contributed by atoms with van der Waals surface area (Å²) in [6, 6.07) is 11.0. The maximum absolute atomic E-state index is 6.13. The van der Waals surface area contributed by atoms with Crippen molar-refractivity contribution in [1.29, 1.82) is 0 Å². The number of aryl methyl sites for hydroxylation is 1. The third-order valence-corrected chi connectivity index (χ3v) is 4.55. The molecule has 1 fully saturated rings. The van der Waals surface area contributed by atoms with E-state index in [0.717, 1.165) is 30.9 Å². The van der Waals surface area contributed by atoms with E-state index in [1.165, 1.54) is 24.0 Å². The Morgan fingerprint density at radius 3 is 2.67 bits per heavy atom. The van der Waals surface area contributed by atoms with Gasteiger partial charge in [-0.25, -0.2) is 9.97 Å². The fourth-order valence-corrected chi connectivity index (χ4v) is 3.25. The maximum atomic E-state index is 6.13. The molecular weight excluding hydrogens is 282 g/mol. The van der Waals surface area contributed by atoms with E-state index in [0.29, 0.717) is 17.1 Å². The van der Waals surface area contributed by atoms with Crippen LogP contribution in [0.3, 0.4) is 0 Å². The average molecular weight is 300 g/mol. The maximum Gasteiger partial charge on any atom is 0.135 e. The molecule has 0 saturated heterocycles. The standard InChI is InChI=1S/C17H18ClN3/c18-15-10-16(21-17(20-15)12-5-6-12)19-14-8-7-11-3-1-2-4-13(11)9-14/h1-4,10,12,14H,5-9H2,(H,19,20,21). The number of anilines is 1.